The molecule has 0 saturated carbocycles. The number of amides is 1. The van der Waals surface area contributed by atoms with E-state index >= 15 is 0 Å². The number of aliphatic imine (C=N–C) groups is 1. The lowest BCUT2D eigenvalue weighted by atomic mass is 9.94. The number of rotatable bonds is 5. The summed E-state index contributed by atoms with van der Waals surface area (Å²) in [6.07, 6.45) is 2.11. The van der Waals surface area contributed by atoms with Crippen LogP contribution in [0.3, 0.4) is 0 Å². The molecule has 0 unspecified atom stereocenters. The van der Waals surface area contributed by atoms with Gasteiger partial charge in [0.1, 0.15) is 0 Å². The van der Waals surface area contributed by atoms with Crippen molar-refractivity contribution in [2.45, 2.75) is 38.3 Å². The van der Waals surface area contributed by atoms with Gasteiger partial charge >= 0.3 is 5.97 Å². The summed E-state index contributed by atoms with van der Waals surface area (Å²) in [5.41, 5.74) is 2.69. The van der Waals surface area contributed by atoms with Crippen molar-refractivity contribution in [2.24, 2.45) is 4.99 Å². The van der Waals surface area contributed by atoms with E-state index in [1.807, 2.05) is 28.5 Å². The fraction of sp³-hybridized carbons (Fsp3) is 0.435. The largest absolute Gasteiger partial charge is 0.466 e. The van der Waals surface area contributed by atoms with E-state index < -0.39 is 12.0 Å². The van der Waals surface area contributed by atoms with Crippen molar-refractivity contribution in [3.8, 4) is 0 Å². The summed E-state index contributed by atoms with van der Waals surface area (Å²) in [5, 5.41) is 6.43. The number of methoxy groups -OCH3 is 1. The Kier molecular flexibility index (Phi) is 6.93. The van der Waals surface area contributed by atoms with E-state index in [0.717, 1.165) is 42.4 Å². The maximum Gasteiger partial charge on any atom is 0.338 e. The first kappa shape index (κ1) is 22.9. The lowest BCUT2D eigenvalue weighted by Gasteiger charge is -2.36. The van der Waals surface area contributed by atoms with E-state index in [4.69, 9.17) is 16.3 Å². The Balaban J connectivity index is 1.60. The Morgan fingerprint density at radius 2 is 2.06 bits per heavy atom. The molecule has 1 aromatic rings. The molecule has 0 bridgehead atoms. The fourth-order valence-corrected chi connectivity index (χ4v) is 5.49. The van der Waals surface area contributed by atoms with E-state index in [1.54, 1.807) is 13.0 Å². The molecule has 0 aliphatic carbocycles. The first-order valence-electron chi connectivity index (χ1n) is 10.6. The summed E-state index contributed by atoms with van der Waals surface area (Å²) < 4.78 is 5.08. The molecule has 1 saturated heterocycles. The van der Waals surface area contributed by atoms with Gasteiger partial charge in [-0.25, -0.2) is 9.79 Å². The summed E-state index contributed by atoms with van der Waals surface area (Å²) >= 11 is 7.73. The Labute approximate surface area is 197 Å². The fourth-order valence-electron chi connectivity index (χ4n) is 4.33. The summed E-state index contributed by atoms with van der Waals surface area (Å²) in [6, 6.07) is 7.14. The number of piperidine rings is 1. The van der Waals surface area contributed by atoms with Crippen molar-refractivity contribution in [2.75, 3.05) is 27.2 Å². The molecule has 1 amide bonds. The maximum absolute atomic E-state index is 12.9. The average Bonchev–Trinajstić information content (AvgIpc) is 3.15. The minimum atomic E-state index is -0.467. The summed E-state index contributed by atoms with van der Waals surface area (Å²) in [5.74, 6) is -0.467. The number of nitrogens with zero attached hydrogens (tertiary/aromatic N) is 3. The number of fused-ring (bicyclic) bond motifs is 1. The van der Waals surface area contributed by atoms with Crippen LogP contribution in [0, 0.1) is 0 Å². The molecular weight excluding hydrogens is 448 g/mol. The number of thioether (sulfide) groups is 1. The highest BCUT2D eigenvalue weighted by atomic mass is 35.5. The third kappa shape index (κ3) is 4.72. The summed E-state index contributed by atoms with van der Waals surface area (Å²) in [6.45, 7) is 3.77. The molecule has 3 aliphatic rings. The lowest BCUT2D eigenvalue weighted by Crippen LogP contribution is -2.44. The number of hydrogen-bond acceptors (Lipinski definition) is 7. The predicted molar refractivity (Wildman–Crippen MR) is 127 cm³/mol. The maximum atomic E-state index is 12.9. The smallest absolute Gasteiger partial charge is 0.338 e. The third-order valence-electron chi connectivity index (χ3n) is 6.00. The van der Waals surface area contributed by atoms with E-state index in [1.165, 1.54) is 18.9 Å². The number of benzene rings is 1. The molecule has 32 heavy (non-hydrogen) atoms. The molecule has 1 fully saturated rings. The molecule has 3 aliphatic heterocycles. The zero-order valence-corrected chi connectivity index (χ0v) is 20.0. The topological polar surface area (TPSA) is 74.2 Å². The van der Waals surface area contributed by atoms with E-state index in [2.05, 4.69) is 22.3 Å². The number of ether oxygens (including phenoxy) is 1. The highest BCUT2D eigenvalue weighted by Gasteiger charge is 2.41. The van der Waals surface area contributed by atoms with Gasteiger partial charge in [0.2, 0.25) is 5.91 Å². The van der Waals surface area contributed by atoms with Gasteiger partial charge in [-0.15, -0.1) is 0 Å². The molecule has 7 nitrogen and oxygen atoms in total. The van der Waals surface area contributed by atoms with E-state index in [9.17, 15) is 9.59 Å². The lowest BCUT2D eigenvalue weighted by molar-refractivity contribution is -0.136. The van der Waals surface area contributed by atoms with Crippen molar-refractivity contribution < 1.29 is 14.3 Å². The molecule has 3 heterocycles. The average molecular weight is 475 g/mol. The van der Waals surface area contributed by atoms with Gasteiger partial charge in [0.15, 0.2) is 5.17 Å². The number of amidine groups is 1. The molecule has 1 atom stereocenters. The van der Waals surface area contributed by atoms with Crippen molar-refractivity contribution in [1.29, 1.82) is 0 Å². The van der Waals surface area contributed by atoms with E-state index in [0.29, 0.717) is 16.3 Å². The zero-order valence-electron chi connectivity index (χ0n) is 18.4. The number of esters is 1. The van der Waals surface area contributed by atoms with Gasteiger partial charge in [0.25, 0.3) is 0 Å². The number of hydrogen-bond donors (Lipinski definition) is 1. The van der Waals surface area contributed by atoms with Crippen LogP contribution >= 0.6 is 23.4 Å². The van der Waals surface area contributed by atoms with Gasteiger partial charge < -0.3 is 19.9 Å². The van der Waals surface area contributed by atoms with Crippen LogP contribution in [0.1, 0.15) is 37.8 Å². The van der Waals surface area contributed by atoms with E-state index in [-0.39, 0.29) is 18.4 Å². The van der Waals surface area contributed by atoms with Crippen LogP contribution in [0.2, 0.25) is 5.02 Å². The highest BCUT2D eigenvalue weighted by Crippen LogP contribution is 2.45. The highest BCUT2D eigenvalue weighted by molar-refractivity contribution is 8.16. The molecule has 0 aromatic heterocycles. The number of carbonyl (C=O) groups excluding carboxylic acids is 2. The summed E-state index contributed by atoms with van der Waals surface area (Å²) in [7, 11) is 3.46. The van der Waals surface area contributed by atoms with Crippen LogP contribution in [0.15, 0.2) is 51.6 Å². The number of allylic oxidation sites excluding steroid dienone is 1. The molecule has 1 N–H and O–H groups in total. The van der Waals surface area contributed by atoms with Crippen LogP contribution < -0.4 is 5.32 Å². The van der Waals surface area contributed by atoms with Gasteiger partial charge in [-0.2, -0.15) is 0 Å². The van der Waals surface area contributed by atoms with Gasteiger partial charge in [0, 0.05) is 16.8 Å². The number of carbonyl (C=O) groups is 2. The standard InChI is InChI=1S/C23H27ClN4O3S/c1-14-20(22(30)31-3)21(15-5-4-6-16(24)11-15)28-18(13-32-23(28)25-14)12-19(29)26-17-7-9-27(2)10-8-17/h4-6,11,13,17,21H,7-10,12H2,1-3H3,(H,26,29)/t21-/m0/s1. The second-order valence-corrected chi connectivity index (χ2v) is 9.53. The summed E-state index contributed by atoms with van der Waals surface area (Å²) in [4.78, 5) is 34.5. The second-order valence-electron chi connectivity index (χ2n) is 8.26. The molecule has 9 heteroatoms. The molecule has 170 valence electrons. The van der Waals surface area contributed by atoms with Crippen molar-refractivity contribution in [1.82, 2.24) is 15.1 Å². The molecule has 0 spiro atoms. The van der Waals surface area contributed by atoms with Crippen molar-refractivity contribution in [3.63, 3.8) is 0 Å². The predicted octanol–water partition coefficient (Wildman–Crippen LogP) is 3.69. The quantitative estimate of drug-likeness (QED) is 0.656. The minimum Gasteiger partial charge on any atom is -0.466 e. The van der Waals surface area contributed by atoms with Gasteiger partial charge in [-0.1, -0.05) is 35.5 Å². The van der Waals surface area contributed by atoms with Crippen LogP contribution in [-0.4, -0.2) is 60.1 Å². The monoisotopic (exact) mass is 474 g/mol. The Hall–Kier alpha value is -2.29. The van der Waals surface area contributed by atoms with Crippen LogP contribution in [0.4, 0.5) is 0 Å². The molecule has 0 radical (unpaired) electrons. The number of likely N-dealkylation sites (tertiary alicyclic amines) is 1. The molecule has 1 aromatic carbocycles. The normalized spacial score (nSPS) is 21.8. The first-order chi connectivity index (χ1) is 15.4. The molecule has 4 rings (SSSR count). The van der Waals surface area contributed by atoms with Gasteiger partial charge in [-0.3, -0.25) is 4.79 Å². The van der Waals surface area contributed by atoms with Crippen molar-refractivity contribution in [3.05, 3.63) is 57.2 Å². The first-order valence-corrected chi connectivity index (χ1v) is 11.9. The Bertz CT molecular complexity index is 1010. The number of halogens is 1. The van der Waals surface area contributed by atoms with Gasteiger partial charge in [0.05, 0.1) is 30.8 Å². The van der Waals surface area contributed by atoms with Gasteiger partial charge in [-0.05, 0) is 63.0 Å². The third-order valence-corrected chi connectivity index (χ3v) is 7.12. The Morgan fingerprint density at radius 3 is 2.75 bits per heavy atom. The number of nitrogens with one attached hydrogen (secondary N) is 1. The van der Waals surface area contributed by atoms with Crippen LogP contribution in [0.25, 0.3) is 0 Å². The minimum absolute atomic E-state index is 0.0246. The second kappa shape index (κ2) is 9.68. The van der Waals surface area contributed by atoms with Crippen molar-refractivity contribution >= 4 is 40.4 Å². The van der Waals surface area contributed by atoms with Crippen LogP contribution in [0.5, 0.6) is 0 Å². The molecular formula is C23H27ClN4O3S. The Morgan fingerprint density at radius 1 is 1.31 bits per heavy atom. The zero-order chi connectivity index (χ0) is 22.8. The SMILES string of the molecule is COC(=O)C1=C(C)N=C2SC=C(CC(=O)NC3CCN(C)CC3)N2[C@H]1c1cccc(Cl)c1. The van der Waals surface area contributed by atoms with Crippen LogP contribution in [-0.2, 0) is 14.3 Å².